The summed E-state index contributed by atoms with van der Waals surface area (Å²) >= 11 is 0. The van der Waals surface area contributed by atoms with E-state index in [1.807, 2.05) is 0 Å². The summed E-state index contributed by atoms with van der Waals surface area (Å²) in [6.45, 7) is 1.06. The summed E-state index contributed by atoms with van der Waals surface area (Å²) in [5.41, 5.74) is 0.165. The second kappa shape index (κ2) is 3.90. The van der Waals surface area contributed by atoms with Crippen molar-refractivity contribution in [1.29, 1.82) is 0 Å². The lowest BCUT2D eigenvalue weighted by Crippen LogP contribution is -2.18. The van der Waals surface area contributed by atoms with Crippen LogP contribution in [0.3, 0.4) is 0 Å². The zero-order chi connectivity index (χ0) is 10.8. The molecule has 0 spiro atoms. The minimum atomic E-state index is -4.27. The molecular formula is C10H10F3O. The van der Waals surface area contributed by atoms with Crippen molar-refractivity contribution in [2.24, 2.45) is 0 Å². The van der Waals surface area contributed by atoms with Crippen molar-refractivity contribution in [3.8, 4) is 5.75 Å². The topological polar surface area (TPSA) is 9.23 Å². The molecule has 0 aliphatic heterocycles. The third-order valence-corrected chi connectivity index (χ3v) is 1.95. The van der Waals surface area contributed by atoms with Gasteiger partial charge < -0.3 is 4.74 Å². The van der Waals surface area contributed by atoms with E-state index >= 15 is 0 Å². The van der Waals surface area contributed by atoms with Crippen molar-refractivity contribution in [2.45, 2.75) is 13.1 Å². The molecule has 0 heterocycles. The fraction of sp³-hybridized carbons (Fsp3) is 0.300. The highest BCUT2D eigenvalue weighted by Crippen LogP contribution is 2.33. The standard InChI is InChI=1S/C10H10F3O/c1-7(10(11,12)13)8-3-5-9(14-2)6-4-8/h3-6H,1-2H3. The Morgan fingerprint density at radius 2 is 1.64 bits per heavy atom. The normalized spacial score (nSPS) is 11.9. The lowest BCUT2D eigenvalue weighted by atomic mass is 10.0. The summed E-state index contributed by atoms with van der Waals surface area (Å²) in [5.74, 6) is -0.0520. The molecule has 0 fully saturated rings. The lowest BCUT2D eigenvalue weighted by Gasteiger charge is -2.14. The molecule has 1 radical (unpaired) electrons. The highest BCUT2D eigenvalue weighted by molar-refractivity contribution is 5.36. The summed E-state index contributed by atoms with van der Waals surface area (Å²) in [5, 5.41) is 0. The number of halogens is 3. The zero-order valence-electron chi connectivity index (χ0n) is 7.85. The average Bonchev–Trinajstić information content (AvgIpc) is 2.15. The maximum atomic E-state index is 12.2. The fourth-order valence-electron chi connectivity index (χ4n) is 1.00. The van der Waals surface area contributed by atoms with Gasteiger partial charge in [-0.1, -0.05) is 12.1 Å². The van der Waals surface area contributed by atoms with Crippen LogP contribution in [0.4, 0.5) is 13.2 Å². The number of alkyl halides is 3. The average molecular weight is 203 g/mol. The van der Waals surface area contributed by atoms with E-state index in [1.54, 1.807) is 0 Å². The molecule has 0 atom stereocenters. The summed E-state index contributed by atoms with van der Waals surface area (Å²) in [6.07, 6.45) is -4.27. The molecule has 1 rings (SSSR count). The Morgan fingerprint density at radius 3 is 2.00 bits per heavy atom. The van der Waals surface area contributed by atoms with Crippen LogP contribution in [-0.4, -0.2) is 13.3 Å². The summed E-state index contributed by atoms with van der Waals surface area (Å²) in [4.78, 5) is 0. The quantitative estimate of drug-likeness (QED) is 0.717. The van der Waals surface area contributed by atoms with Gasteiger partial charge in [0.25, 0.3) is 0 Å². The smallest absolute Gasteiger partial charge is 0.399 e. The molecule has 0 aliphatic rings. The molecule has 0 aromatic heterocycles. The van der Waals surface area contributed by atoms with E-state index in [-0.39, 0.29) is 5.56 Å². The van der Waals surface area contributed by atoms with E-state index in [2.05, 4.69) is 0 Å². The molecule has 0 bridgehead atoms. The van der Waals surface area contributed by atoms with Gasteiger partial charge in [0.1, 0.15) is 11.7 Å². The summed E-state index contributed by atoms with van der Waals surface area (Å²) in [7, 11) is 1.47. The van der Waals surface area contributed by atoms with Crippen molar-refractivity contribution in [3.63, 3.8) is 0 Å². The molecule has 0 saturated carbocycles. The van der Waals surface area contributed by atoms with Crippen LogP contribution in [0.15, 0.2) is 24.3 Å². The van der Waals surface area contributed by atoms with E-state index in [0.29, 0.717) is 5.75 Å². The monoisotopic (exact) mass is 203 g/mol. The predicted octanol–water partition coefficient (Wildman–Crippen LogP) is 3.20. The Bertz CT molecular complexity index is 289. The van der Waals surface area contributed by atoms with Crippen molar-refractivity contribution in [2.75, 3.05) is 7.11 Å². The summed E-state index contributed by atoms with van der Waals surface area (Å²) in [6, 6.07) is 5.79. The van der Waals surface area contributed by atoms with Gasteiger partial charge in [-0.05, 0) is 24.6 Å². The molecule has 1 aromatic carbocycles. The number of methoxy groups -OCH3 is 1. The maximum absolute atomic E-state index is 12.2. The molecule has 0 amide bonds. The minimum Gasteiger partial charge on any atom is -0.497 e. The van der Waals surface area contributed by atoms with Gasteiger partial charge in [-0.25, -0.2) is 0 Å². The zero-order valence-corrected chi connectivity index (χ0v) is 7.85. The molecule has 1 nitrogen and oxygen atoms in total. The maximum Gasteiger partial charge on any atom is 0.399 e. The predicted molar refractivity (Wildman–Crippen MR) is 47.1 cm³/mol. The first-order chi connectivity index (χ1) is 6.45. The molecule has 14 heavy (non-hydrogen) atoms. The van der Waals surface area contributed by atoms with Crippen molar-refractivity contribution in [1.82, 2.24) is 0 Å². The van der Waals surface area contributed by atoms with Crippen LogP contribution in [0.5, 0.6) is 5.75 Å². The number of benzene rings is 1. The van der Waals surface area contributed by atoms with Gasteiger partial charge in [-0.3, -0.25) is 0 Å². The van der Waals surface area contributed by atoms with E-state index in [0.717, 1.165) is 6.92 Å². The molecule has 0 aliphatic carbocycles. The number of hydrogen-bond donors (Lipinski definition) is 0. The Kier molecular flexibility index (Phi) is 3.03. The Morgan fingerprint density at radius 1 is 1.14 bits per heavy atom. The molecule has 0 unspecified atom stereocenters. The molecule has 0 saturated heterocycles. The second-order valence-electron chi connectivity index (χ2n) is 2.85. The van der Waals surface area contributed by atoms with Crippen LogP contribution in [0.25, 0.3) is 0 Å². The van der Waals surface area contributed by atoms with Crippen LogP contribution >= 0.6 is 0 Å². The van der Waals surface area contributed by atoms with Crippen molar-refractivity contribution >= 4 is 0 Å². The molecule has 77 valence electrons. The third kappa shape index (κ3) is 2.40. The molecule has 0 N–H and O–H groups in total. The van der Waals surface area contributed by atoms with Gasteiger partial charge in [0, 0.05) is 0 Å². The highest BCUT2D eigenvalue weighted by Gasteiger charge is 2.37. The van der Waals surface area contributed by atoms with Crippen LogP contribution in [0.1, 0.15) is 12.5 Å². The van der Waals surface area contributed by atoms with E-state index < -0.39 is 12.1 Å². The van der Waals surface area contributed by atoms with Crippen molar-refractivity contribution < 1.29 is 17.9 Å². The first-order valence-corrected chi connectivity index (χ1v) is 4.00. The Hall–Kier alpha value is -1.19. The van der Waals surface area contributed by atoms with Crippen LogP contribution < -0.4 is 4.74 Å². The largest absolute Gasteiger partial charge is 0.497 e. The van der Waals surface area contributed by atoms with E-state index in [1.165, 1.54) is 31.4 Å². The van der Waals surface area contributed by atoms with Crippen LogP contribution in [0, 0.1) is 5.92 Å². The van der Waals surface area contributed by atoms with Crippen LogP contribution in [0.2, 0.25) is 0 Å². The third-order valence-electron chi connectivity index (χ3n) is 1.95. The fourth-order valence-corrected chi connectivity index (χ4v) is 1.00. The van der Waals surface area contributed by atoms with Gasteiger partial charge in [0.05, 0.1) is 7.11 Å². The first kappa shape index (κ1) is 10.9. The van der Waals surface area contributed by atoms with Gasteiger partial charge in [0.2, 0.25) is 0 Å². The second-order valence-corrected chi connectivity index (χ2v) is 2.85. The van der Waals surface area contributed by atoms with Gasteiger partial charge in [-0.2, -0.15) is 13.2 Å². The van der Waals surface area contributed by atoms with E-state index in [4.69, 9.17) is 4.74 Å². The van der Waals surface area contributed by atoms with Gasteiger partial charge in [0.15, 0.2) is 0 Å². The molecule has 1 aromatic rings. The SMILES string of the molecule is COc1ccc([C](C)C(F)(F)F)cc1. The van der Waals surface area contributed by atoms with Crippen molar-refractivity contribution in [3.05, 3.63) is 35.7 Å². The molecular weight excluding hydrogens is 193 g/mol. The Balaban J connectivity index is 2.87. The lowest BCUT2D eigenvalue weighted by molar-refractivity contribution is -0.108. The number of hydrogen-bond acceptors (Lipinski definition) is 1. The molecule has 4 heteroatoms. The van der Waals surface area contributed by atoms with Crippen LogP contribution in [-0.2, 0) is 0 Å². The van der Waals surface area contributed by atoms with Gasteiger partial charge >= 0.3 is 6.18 Å². The number of rotatable bonds is 2. The minimum absolute atomic E-state index is 0.165. The first-order valence-electron chi connectivity index (χ1n) is 4.00. The number of ether oxygens (including phenoxy) is 1. The highest BCUT2D eigenvalue weighted by atomic mass is 19.4. The summed E-state index contributed by atoms with van der Waals surface area (Å²) < 4.78 is 41.6. The van der Waals surface area contributed by atoms with E-state index in [9.17, 15) is 13.2 Å². The van der Waals surface area contributed by atoms with Gasteiger partial charge in [-0.15, -0.1) is 0 Å². The Labute approximate surface area is 80.5 Å².